The Morgan fingerprint density at radius 2 is 1.86 bits per heavy atom. The number of benzene rings is 1. The molecule has 28 heavy (non-hydrogen) atoms. The second kappa shape index (κ2) is 8.65. The third kappa shape index (κ3) is 4.54. The zero-order chi connectivity index (χ0) is 19.2. The van der Waals surface area contributed by atoms with Crippen LogP contribution in [0.1, 0.15) is 38.5 Å². The maximum Gasteiger partial charge on any atom is 0.411 e. The van der Waals surface area contributed by atoms with Crippen LogP contribution in [-0.2, 0) is 4.74 Å². The van der Waals surface area contributed by atoms with E-state index < -0.39 is 6.09 Å². The van der Waals surface area contributed by atoms with E-state index in [9.17, 15) is 4.79 Å². The number of aromatic amines is 1. The van der Waals surface area contributed by atoms with Gasteiger partial charge in [-0.1, -0.05) is 25.0 Å². The third-order valence-corrected chi connectivity index (χ3v) is 4.94. The number of hydrogen-bond acceptors (Lipinski definition) is 5. The van der Waals surface area contributed by atoms with Crippen molar-refractivity contribution in [1.82, 2.24) is 20.2 Å². The lowest BCUT2D eigenvalue weighted by atomic mass is 10.1. The molecule has 2 N–H and O–H groups in total. The second-order valence-electron chi connectivity index (χ2n) is 7.02. The number of amides is 1. The largest absolute Gasteiger partial charge is 0.446 e. The van der Waals surface area contributed by atoms with Crippen molar-refractivity contribution in [1.29, 1.82) is 0 Å². The lowest BCUT2D eigenvalue weighted by molar-refractivity contribution is 0.101. The first-order chi connectivity index (χ1) is 13.8. The van der Waals surface area contributed by atoms with Gasteiger partial charge in [-0.05, 0) is 49.4 Å². The van der Waals surface area contributed by atoms with Gasteiger partial charge in [-0.25, -0.2) is 9.78 Å². The molecule has 2 heterocycles. The highest BCUT2D eigenvalue weighted by atomic mass is 16.6. The van der Waals surface area contributed by atoms with Crippen molar-refractivity contribution in [2.24, 2.45) is 0 Å². The van der Waals surface area contributed by atoms with Crippen LogP contribution in [0.5, 0.6) is 0 Å². The molecule has 0 atom stereocenters. The quantitative estimate of drug-likeness (QED) is 0.637. The maximum absolute atomic E-state index is 12.3. The van der Waals surface area contributed by atoms with Crippen LogP contribution in [0.4, 0.5) is 10.5 Å². The summed E-state index contributed by atoms with van der Waals surface area (Å²) in [7, 11) is 0. The summed E-state index contributed by atoms with van der Waals surface area (Å²) < 4.78 is 5.61. The molecule has 3 aromatic rings. The lowest BCUT2D eigenvalue weighted by Gasteiger charge is -2.16. The Labute approximate surface area is 163 Å². The first-order valence-corrected chi connectivity index (χ1v) is 9.67. The summed E-state index contributed by atoms with van der Waals surface area (Å²) in [5, 5.41) is 9.57. The molecule has 1 aliphatic carbocycles. The molecule has 1 amide bonds. The smallest absolute Gasteiger partial charge is 0.411 e. The summed E-state index contributed by atoms with van der Waals surface area (Å²) in [6, 6.07) is 9.62. The highest BCUT2D eigenvalue weighted by molar-refractivity contribution is 5.86. The molecule has 2 aromatic heterocycles. The molecule has 1 fully saturated rings. The van der Waals surface area contributed by atoms with Gasteiger partial charge < -0.3 is 4.74 Å². The molecule has 4 rings (SSSR count). The molecular weight excluding hydrogens is 354 g/mol. The van der Waals surface area contributed by atoms with E-state index in [-0.39, 0.29) is 6.10 Å². The van der Waals surface area contributed by atoms with E-state index in [1.165, 1.54) is 19.2 Å². The van der Waals surface area contributed by atoms with Gasteiger partial charge in [-0.2, -0.15) is 5.10 Å². The van der Waals surface area contributed by atoms with E-state index in [0.717, 1.165) is 42.4 Å². The van der Waals surface area contributed by atoms with Crippen molar-refractivity contribution in [3.63, 3.8) is 0 Å². The fourth-order valence-corrected chi connectivity index (χ4v) is 3.51. The first kappa shape index (κ1) is 18.2. The summed E-state index contributed by atoms with van der Waals surface area (Å²) in [5.41, 5.74) is 3.41. The van der Waals surface area contributed by atoms with Crippen LogP contribution >= 0.6 is 0 Å². The predicted octanol–water partition coefficient (Wildman–Crippen LogP) is 4.81. The third-order valence-electron chi connectivity index (χ3n) is 4.94. The van der Waals surface area contributed by atoms with Crippen LogP contribution in [0.25, 0.3) is 22.5 Å². The SMILES string of the molecule is O=C(Nc1cccc(-c2cncc(-c3ncn[nH]3)c2)c1)OC1CCCCCC1. The monoisotopic (exact) mass is 377 g/mol. The summed E-state index contributed by atoms with van der Waals surface area (Å²) in [4.78, 5) is 20.7. The number of anilines is 1. The predicted molar refractivity (Wildman–Crippen MR) is 107 cm³/mol. The lowest BCUT2D eigenvalue weighted by Crippen LogP contribution is -2.22. The van der Waals surface area contributed by atoms with Crippen molar-refractivity contribution in [3.8, 4) is 22.5 Å². The number of rotatable bonds is 4. The minimum atomic E-state index is -0.391. The van der Waals surface area contributed by atoms with Crippen LogP contribution in [0.2, 0.25) is 0 Å². The molecular formula is C21H23N5O2. The molecule has 1 aliphatic rings. The minimum Gasteiger partial charge on any atom is -0.446 e. The standard InChI is InChI=1S/C21H23N5O2/c27-21(28-19-8-3-1-2-4-9-19)25-18-7-5-6-15(11-18)16-10-17(13-22-12-16)20-23-14-24-26-20/h5-7,10-14,19H,1-4,8-9H2,(H,25,27)(H,23,24,26). The fourth-order valence-electron chi connectivity index (χ4n) is 3.51. The van der Waals surface area contributed by atoms with Crippen LogP contribution < -0.4 is 5.32 Å². The average Bonchev–Trinajstić information content (AvgIpc) is 3.14. The molecule has 0 bridgehead atoms. The number of aromatic nitrogens is 4. The summed E-state index contributed by atoms with van der Waals surface area (Å²) in [6.45, 7) is 0. The van der Waals surface area contributed by atoms with Gasteiger partial charge in [0.1, 0.15) is 12.4 Å². The van der Waals surface area contributed by atoms with Gasteiger partial charge in [-0.15, -0.1) is 0 Å². The van der Waals surface area contributed by atoms with E-state index >= 15 is 0 Å². The summed E-state index contributed by atoms with van der Waals surface area (Å²) >= 11 is 0. The molecule has 0 radical (unpaired) electrons. The van der Waals surface area contributed by atoms with Crippen LogP contribution in [0.15, 0.2) is 49.1 Å². The van der Waals surface area contributed by atoms with Crippen molar-refractivity contribution >= 4 is 11.8 Å². The number of pyridine rings is 1. The van der Waals surface area contributed by atoms with Crippen molar-refractivity contribution in [2.75, 3.05) is 5.32 Å². The number of carbonyl (C=O) groups excluding carboxylic acids is 1. The molecule has 0 spiro atoms. The Morgan fingerprint density at radius 1 is 1.04 bits per heavy atom. The highest BCUT2D eigenvalue weighted by Gasteiger charge is 2.16. The molecule has 7 nitrogen and oxygen atoms in total. The molecule has 1 saturated carbocycles. The number of nitrogens with one attached hydrogen (secondary N) is 2. The molecule has 0 saturated heterocycles. The molecule has 144 valence electrons. The van der Waals surface area contributed by atoms with Crippen molar-refractivity contribution in [3.05, 3.63) is 49.1 Å². The minimum absolute atomic E-state index is 0.0217. The Balaban J connectivity index is 1.46. The fraction of sp³-hybridized carbons (Fsp3) is 0.333. The van der Waals surface area contributed by atoms with Gasteiger partial charge in [0, 0.05) is 29.2 Å². The van der Waals surface area contributed by atoms with Gasteiger partial charge in [0.2, 0.25) is 0 Å². The van der Waals surface area contributed by atoms with E-state index in [0.29, 0.717) is 11.5 Å². The number of hydrogen-bond donors (Lipinski definition) is 2. The molecule has 1 aromatic carbocycles. The normalized spacial score (nSPS) is 15.0. The van der Waals surface area contributed by atoms with Crippen molar-refractivity contribution < 1.29 is 9.53 Å². The van der Waals surface area contributed by atoms with E-state index in [2.05, 4.69) is 25.5 Å². The number of nitrogens with zero attached hydrogens (tertiary/aromatic N) is 3. The highest BCUT2D eigenvalue weighted by Crippen LogP contribution is 2.26. The number of carbonyl (C=O) groups is 1. The van der Waals surface area contributed by atoms with Crippen LogP contribution in [0, 0.1) is 0 Å². The van der Waals surface area contributed by atoms with Crippen LogP contribution in [-0.4, -0.2) is 32.4 Å². The summed E-state index contributed by atoms with van der Waals surface area (Å²) in [5.74, 6) is 0.663. The molecule has 0 aliphatic heterocycles. The first-order valence-electron chi connectivity index (χ1n) is 9.67. The van der Waals surface area contributed by atoms with Crippen molar-refractivity contribution in [2.45, 2.75) is 44.6 Å². The number of ether oxygens (including phenoxy) is 1. The van der Waals surface area contributed by atoms with E-state index in [1.807, 2.05) is 30.3 Å². The van der Waals surface area contributed by atoms with E-state index in [1.54, 1.807) is 12.4 Å². The molecule has 7 heteroatoms. The van der Waals surface area contributed by atoms with Gasteiger partial charge in [-0.3, -0.25) is 15.4 Å². The summed E-state index contributed by atoms with van der Waals surface area (Å²) in [6.07, 6.45) is 11.2. The Kier molecular flexibility index (Phi) is 5.61. The number of H-pyrrole nitrogens is 1. The van der Waals surface area contributed by atoms with Gasteiger partial charge >= 0.3 is 6.09 Å². The van der Waals surface area contributed by atoms with E-state index in [4.69, 9.17) is 4.74 Å². The maximum atomic E-state index is 12.3. The Morgan fingerprint density at radius 3 is 2.64 bits per heavy atom. The second-order valence-corrected chi connectivity index (χ2v) is 7.02. The zero-order valence-corrected chi connectivity index (χ0v) is 15.6. The Hall–Kier alpha value is -3.22. The zero-order valence-electron chi connectivity index (χ0n) is 15.6. The van der Waals surface area contributed by atoms with Gasteiger partial charge in [0.05, 0.1) is 0 Å². The Bertz CT molecular complexity index is 918. The van der Waals surface area contributed by atoms with Crippen LogP contribution in [0.3, 0.4) is 0 Å². The molecule has 0 unspecified atom stereocenters. The van der Waals surface area contributed by atoms with Gasteiger partial charge in [0.15, 0.2) is 5.82 Å². The van der Waals surface area contributed by atoms with Gasteiger partial charge in [0.25, 0.3) is 0 Å². The average molecular weight is 377 g/mol. The topological polar surface area (TPSA) is 92.8 Å².